The van der Waals surface area contributed by atoms with E-state index in [0.29, 0.717) is 0 Å². The molecule has 0 aromatic heterocycles. The zero-order valence-electron chi connectivity index (χ0n) is 6.73. The van der Waals surface area contributed by atoms with Crippen LogP contribution in [0.2, 0.25) is 0 Å². The Morgan fingerprint density at radius 1 is 1.69 bits per heavy atom. The van der Waals surface area contributed by atoms with Gasteiger partial charge >= 0.3 is 12.2 Å². The van der Waals surface area contributed by atoms with E-state index in [4.69, 9.17) is 5.73 Å². The van der Waals surface area contributed by atoms with Crippen molar-refractivity contribution < 1.29 is 19.1 Å². The molecular weight excluding hydrogens is 178 g/mol. The van der Waals surface area contributed by atoms with Crippen molar-refractivity contribution in [1.29, 1.82) is 0 Å². The summed E-state index contributed by atoms with van der Waals surface area (Å²) in [6.07, 6.45) is -0.997. The lowest BCUT2D eigenvalue weighted by atomic mass is 10.7. The molecule has 2 amide bonds. The Labute approximate surface area is 74.0 Å². The number of primary amides is 1. The molecular formula is C6H9N3O4. The average molecular weight is 187 g/mol. The maximum atomic E-state index is 10.9. The SMILES string of the molecule is C=CCOC(=O)N1NC1OC(N)=O. The van der Waals surface area contributed by atoms with Gasteiger partial charge in [-0.25, -0.2) is 9.59 Å². The van der Waals surface area contributed by atoms with Crippen LogP contribution in [0.4, 0.5) is 9.59 Å². The Kier molecular flexibility index (Phi) is 2.70. The van der Waals surface area contributed by atoms with Gasteiger partial charge in [-0.2, -0.15) is 10.4 Å². The number of carbonyl (C=O) groups excluding carboxylic acids is 2. The van der Waals surface area contributed by atoms with Crippen molar-refractivity contribution in [1.82, 2.24) is 10.4 Å². The van der Waals surface area contributed by atoms with Crippen molar-refractivity contribution >= 4 is 12.2 Å². The van der Waals surface area contributed by atoms with Gasteiger partial charge in [-0.15, -0.1) is 0 Å². The summed E-state index contributed by atoms with van der Waals surface area (Å²) in [5.41, 5.74) is 7.11. The van der Waals surface area contributed by atoms with E-state index in [-0.39, 0.29) is 6.61 Å². The molecule has 0 spiro atoms. The molecule has 7 nitrogen and oxygen atoms in total. The maximum Gasteiger partial charge on any atom is 0.429 e. The molecule has 0 aliphatic carbocycles. The quantitative estimate of drug-likeness (QED) is 0.458. The first-order valence-electron chi connectivity index (χ1n) is 3.44. The molecule has 0 aromatic carbocycles. The first kappa shape index (κ1) is 9.33. The lowest BCUT2D eigenvalue weighted by molar-refractivity contribution is 0.104. The van der Waals surface area contributed by atoms with Crippen LogP contribution in [0.25, 0.3) is 0 Å². The van der Waals surface area contributed by atoms with Gasteiger partial charge < -0.3 is 15.2 Å². The largest absolute Gasteiger partial charge is 0.444 e. The Morgan fingerprint density at radius 2 is 2.38 bits per heavy atom. The summed E-state index contributed by atoms with van der Waals surface area (Å²) in [5.74, 6) is 0. The number of hydrogen-bond acceptors (Lipinski definition) is 5. The van der Waals surface area contributed by atoms with Crippen LogP contribution < -0.4 is 11.2 Å². The van der Waals surface area contributed by atoms with Crippen LogP contribution in [0, 0.1) is 0 Å². The van der Waals surface area contributed by atoms with Gasteiger partial charge in [-0.05, 0) is 0 Å². The number of ether oxygens (including phenoxy) is 2. The number of hydrogen-bond donors (Lipinski definition) is 2. The molecule has 1 atom stereocenters. The van der Waals surface area contributed by atoms with Gasteiger partial charge in [-0.3, -0.25) is 0 Å². The molecule has 1 aliphatic rings. The third-order valence-corrected chi connectivity index (χ3v) is 1.17. The molecule has 1 rings (SSSR count). The van der Waals surface area contributed by atoms with Crippen molar-refractivity contribution in [3.8, 4) is 0 Å². The molecule has 1 unspecified atom stereocenters. The van der Waals surface area contributed by atoms with Crippen molar-refractivity contribution in [3.05, 3.63) is 12.7 Å². The first-order valence-corrected chi connectivity index (χ1v) is 3.44. The van der Waals surface area contributed by atoms with Gasteiger partial charge in [0.2, 0.25) is 0 Å². The van der Waals surface area contributed by atoms with Crippen molar-refractivity contribution in [3.63, 3.8) is 0 Å². The van der Waals surface area contributed by atoms with Crippen molar-refractivity contribution in [2.24, 2.45) is 5.73 Å². The highest BCUT2D eigenvalue weighted by atomic mass is 16.6. The summed E-state index contributed by atoms with van der Waals surface area (Å²) in [4.78, 5) is 21.1. The monoisotopic (exact) mass is 187 g/mol. The molecule has 0 bridgehead atoms. The van der Waals surface area contributed by atoms with Crippen LogP contribution in [0.1, 0.15) is 0 Å². The summed E-state index contributed by atoms with van der Waals surface area (Å²) in [6.45, 7) is 3.46. The number of nitrogens with two attached hydrogens (primary N) is 1. The zero-order chi connectivity index (χ0) is 9.84. The number of nitrogens with one attached hydrogen (secondary N) is 1. The lowest BCUT2D eigenvalue weighted by Gasteiger charge is -2.00. The molecule has 7 heteroatoms. The van der Waals surface area contributed by atoms with E-state index in [1.54, 1.807) is 0 Å². The van der Waals surface area contributed by atoms with Crippen LogP contribution in [0.15, 0.2) is 12.7 Å². The second-order valence-corrected chi connectivity index (χ2v) is 2.15. The average Bonchev–Trinajstić information content (AvgIpc) is 2.78. The summed E-state index contributed by atoms with van der Waals surface area (Å²) in [6, 6.07) is 0. The second-order valence-electron chi connectivity index (χ2n) is 2.15. The molecule has 3 N–H and O–H groups in total. The topological polar surface area (TPSA) is 104 Å². The summed E-state index contributed by atoms with van der Waals surface area (Å²) >= 11 is 0. The number of hydrazine groups is 1. The van der Waals surface area contributed by atoms with Crippen LogP contribution in [-0.4, -0.2) is 30.2 Å². The Bertz CT molecular complexity index is 242. The van der Waals surface area contributed by atoms with E-state index in [2.05, 4.69) is 21.5 Å². The number of carbonyl (C=O) groups is 2. The lowest BCUT2D eigenvalue weighted by Crippen LogP contribution is -2.21. The highest BCUT2D eigenvalue weighted by Crippen LogP contribution is 2.11. The molecule has 72 valence electrons. The highest BCUT2D eigenvalue weighted by Gasteiger charge is 2.42. The summed E-state index contributed by atoms with van der Waals surface area (Å²) < 4.78 is 9.00. The van der Waals surface area contributed by atoms with E-state index < -0.39 is 18.5 Å². The molecule has 1 heterocycles. The van der Waals surface area contributed by atoms with Crippen molar-refractivity contribution in [2.45, 2.75) is 6.35 Å². The molecule has 1 aliphatic heterocycles. The van der Waals surface area contributed by atoms with Gasteiger partial charge in [-0.1, -0.05) is 12.7 Å². The first-order chi connectivity index (χ1) is 6.15. The van der Waals surface area contributed by atoms with Gasteiger partial charge in [0, 0.05) is 0 Å². The van der Waals surface area contributed by atoms with E-state index in [9.17, 15) is 9.59 Å². The van der Waals surface area contributed by atoms with Crippen molar-refractivity contribution in [2.75, 3.05) is 6.61 Å². The normalized spacial score (nSPS) is 19.1. The van der Waals surface area contributed by atoms with Crippen LogP contribution in [-0.2, 0) is 9.47 Å². The Hall–Kier alpha value is -1.76. The minimum atomic E-state index is -0.962. The number of rotatable bonds is 3. The van der Waals surface area contributed by atoms with E-state index >= 15 is 0 Å². The fourth-order valence-electron chi connectivity index (χ4n) is 0.623. The predicted octanol–water partition coefficient (Wildman–Crippen LogP) is -0.492. The van der Waals surface area contributed by atoms with Crippen LogP contribution >= 0.6 is 0 Å². The predicted molar refractivity (Wildman–Crippen MR) is 41.0 cm³/mol. The minimum Gasteiger partial charge on any atom is -0.444 e. The second kappa shape index (κ2) is 3.76. The molecule has 0 saturated carbocycles. The van der Waals surface area contributed by atoms with Gasteiger partial charge in [0.15, 0.2) is 0 Å². The van der Waals surface area contributed by atoms with Gasteiger partial charge in [0.25, 0.3) is 6.35 Å². The van der Waals surface area contributed by atoms with E-state index in [0.717, 1.165) is 5.01 Å². The fraction of sp³-hybridized carbons (Fsp3) is 0.333. The molecule has 1 saturated heterocycles. The summed E-state index contributed by atoms with van der Waals surface area (Å²) in [7, 11) is 0. The van der Waals surface area contributed by atoms with E-state index in [1.807, 2.05) is 0 Å². The smallest absolute Gasteiger partial charge is 0.429 e. The number of nitrogens with zero attached hydrogens (tertiary/aromatic N) is 1. The van der Waals surface area contributed by atoms with Crippen LogP contribution in [0.5, 0.6) is 0 Å². The summed E-state index contributed by atoms with van der Waals surface area (Å²) in [5, 5.41) is 0.980. The fourth-order valence-corrected chi connectivity index (χ4v) is 0.623. The minimum absolute atomic E-state index is 0.0975. The molecule has 0 aromatic rings. The zero-order valence-corrected chi connectivity index (χ0v) is 6.73. The molecule has 0 radical (unpaired) electrons. The molecule has 13 heavy (non-hydrogen) atoms. The Balaban J connectivity index is 2.21. The standard InChI is InChI=1S/C6H9N3O4/c1-2-3-12-6(11)9-5(8-9)13-4(7)10/h2,5,8H,1,3H2,(H2,7,10). The number of amides is 2. The third kappa shape index (κ3) is 2.64. The van der Waals surface area contributed by atoms with E-state index in [1.165, 1.54) is 6.08 Å². The van der Waals surface area contributed by atoms with Crippen LogP contribution in [0.3, 0.4) is 0 Å². The molecule has 1 fully saturated rings. The third-order valence-electron chi connectivity index (χ3n) is 1.17. The van der Waals surface area contributed by atoms with Gasteiger partial charge in [0.05, 0.1) is 0 Å². The van der Waals surface area contributed by atoms with Gasteiger partial charge in [0.1, 0.15) is 6.61 Å². The Morgan fingerprint density at radius 3 is 2.92 bits per heavy atom. The highest BCUT2D eigenvalue weighted by molar-refractivity contribution is 5.71. The maximum absolute atomic E-state index is 10.9.